The highest BCUT2D eigenvalue weighted by Crippen LogP contribution is 2.39. The van der Waals surface area contributed by atoms with Gasteiger partial charge in [0, 0.05) is 12.0 Å². The third-order valence-electron chi connectivity index (χ3n) is 3.46. The fourth-order valence-corrected chi connectivity index (χ4v) is 2.72. The molecule has 1 aliphatic carbocycles. The molecule has 0 aliphatic heterocycles. The van der Waals surface area contributed by atoms with Gasteiger partial charge in [-0.15, -0.1) is 21.8 Å². The zero-order valence-corrected chi connectivity index (χ0v) is 11.6. The summed E-state index contributed by atoms with van der Waals surface area (Å²) in [5, 5.41) is 8.68. The molecule has 0 unspecified atom stereocenters. The van der Waals surface area contributed by atoms with Crippen LogP contribution in [0.1, 0.15) is 76.0 Å². The number of aromatic nitrogens is 3. The summed E-state index contributed by atoms with van der Waals surface area (Å²) in [7, 11) is 0. The summed E-state index contributed by atoms with van der Waals surface area (Å²) in [6.07, 6.45) is 7.36. The van der Waals surface area contributed by atoms with Crippen molar-refractivity contribution in [2.45, 2.75) is 70.2 Å². The van der Waals surface area contributed by atoms with Gasteiger partial charge in [0.15, 0.2) is 0 Å². The maximum Gasteiger partial charge on any atom is 0.148 e. The van der Waals surface area contributed by atoms with Gasteiger partial charge >= 0.3 is 0 Å². The molecule has 0 saturated heterocycles. The lowest BCUT2D eigenvalue weighted by molar-refractivity contribution is 0.500. The molecule has 1 aromatic heterocycles. The van der Waals surface area contributed by atoms with Gasteiger partial charge in [-0.25, -0.2) is 0 Å². The standard InChI is InChI=1S/C13H22ClN3/c1-3-5-10(6-4-2)13-16-15-12(9-14)17(13)11-7-8-11/h10-11H,3-9H2,1-2H3. The van der Waals surface area contributed by atoms with E-state index in [1.165, 1.54) is 44.3 Å². The van der Waals surface area contributed by atoms with Crippen molar-refractivity contribution < 1.29 is 0 Å². The van der Waals surface area contributed by atoms with E-state index in [4.69, 9.17) is 11.6 Å². The van der Waals surface area contributed by atoms with E-state index in [0.29, 0.717) is 17.8 Å². The van der Waals surface area contributed by atoms with Crippen LogP contribution >= 0.6 is 11.6 Å². The minimum absolute atomic E-state index is 0.481. The molecule has 4 heteroatoms. The van der Waals surface area contributed by atoms with Crippen LogP contribution in [-0.4, -0.2) is 14.8 Å². The third kappa shape index (κ3) is 2.82. The number of alkyl halides is 1. The fraction of sp³-hybridized carbons (Fsp3) is 0.846. The predicted octanol–water partition coefficient (Wildman–Crippen LogP) is 4.04. The summed E-state index contributed by atoms with van der Waals surface area (Å²) in [6.45, 7) is 4.48. The molecular formula is C13H22ClN3. The van der Waals surface area contributed by atoms with Gasteiger partial charge < -0.3 is 4.57 Å². The number of hydrogen-bond acceptors (Lipinski definition) is 2. The van der Waals surface area contributed by atoms with E-state index in [9.17, 15) is 0 Å². The smallest absolute Gasteiger partial charge is 0.148 e. The summed E-state index contributed by atoms with van der Waals surface area (Å²) >= 11 is 5.95. The van der Waals surface area contributed by atoms with Gasteiger partial charge in [0.1, 0.15) is 11.6 Å². The van der Waals surface area contributed by atoms with Crippen molar-refractivity contribution in [1.82, 2.24) is 14.8 Å². The topological polar surface area (TPSA) is 30.7 Å². The van der Waals surface area contributed by atoms with Gasteiger partial charge in [-0.1, -0.05) is 26.7 Å². The average Bonchev–Trinajstić information content (AvgIpc) is 3.08. The highest BCUT2D eigenvalue weighted by atomic mass is 35.5. The van der Waals surface area contributed by atoms with Crippen molar-refractivity contribution >= 4 is 11.6 Å². The van der Waals surface area contributed by atoms with Crippen LogP contribution in [0.25, 0.3) is 0 Å². The number of nitrogens with zero attached hydrogens (tertiary/aromatic N) is 3. The molecule has 0 radical (unpaired) electrons. The molecule has 0 amide bonds. The first-order valence-corrected chi connectivity index (χ1v) is 7.34. The van der Waals surface area contributed by atoms with Crippen LogP contribution in [0.2, 0.25) is 0 Å². The van der Waals surface area contributed by atoms with Gasteiger partial charge in [0.2, 0.25) is 0 Å². The molecule has 0 aromatic carbocycles. The quantitative estimate of drug-likeness (QED) is 0.689. The second kappa shape index (κ2) is 5.85. The Balaban J connectivity index is 2.25. The summed E-state index contributed by atoms with van der Waals surface area (Å²) in [5.41, 5.74) is 0. The number of rotatable bonds is 7. The predicted molar refractivity (Wildman–Crippen MR) is 70.4 cm³/mol. The molecule has 1 saturated carbocycles. The largest absolute Gasteiger partial charge is 0.311 e. The monoisotopic (exact) mass is 255 g/mol. The van der Waals surface area contributed by atoms with E-state index in [-0.39, 0.29) is 0 Å². The average molecular weight is 256 g/mol. The van der Waals surface area contributed by atoms with Crippen molar-refractivity contribution in [1.29, 1.82) is 0 Å². The second-order valence-electron chi connectivity index (χ2n) is 4.98. The fourth-order valence-electron chi connectivity index (χ4n) is 2.54. The molecule has 96 valence electrons. The molecule has 0 N–H and O–H groups in total. The normalized spacial score (nSPS) is 15.8. The summed E-state index contributed by atoms with van der Waals surface area (Å²) in [5.74, 6) is 3.19. The van der Waals surface area contributed by atoms with Gasteiger partial charge in [0.25, 0.3) is 0 Å². The van der Waals surface area contributed by atoms with Gasteiger partial charge in [-0.05, 0) is 25.7 Å². The van der Waals surface area contributed by atoms with E-state index >= 15 is 0 Å². The van der Waals surface area contributed by atoms with E-state index in [1.807, 2.05) is 0 Å². The number of halogens is 1. The summed E-state index contributed by atoms with van der Waals surface area (Å²) < 4.78 is 2.32. The highest BCUT2D eigenvalue weighted by molar-refractivity contribution is 6.16. The van der Waals surface area contributed by atoms with Gasteiger partial charge in [-0.3, -0.25) is 0 Å². The van der Waals surface area contributed by atoms with Gasteiger partial charge in [-0.2, -0.15) is 0 Å². The zero-order chi connectivity index (χ0) is 12.3. The minimum Gasteiger partial charge on any atom is -0.311 e. The molecule has 0 atom stereocenters. The molecule has 1 heterocycles. The Labute approximate surface area is 109 Å². The Morgan fingerprint density at radius 2 is 1.88 bits per heavy atom. The van der Waals surface area contributed by atoms with Crippen LogP contribution in [-0.2, 0) is 5.88 Å². The molecular weight excluding hydrogens is 234 g/mol. The first-order valence-electron chi connectivity index (χ1n) is 6.81. The van der Waals surface area contributed by atoms with Crippen molar-refractivity contribution in [3.63, 3.8) is 0 Å². The summed E-state index contributed by atoms with van der Waals surface area (Å²) in [6, 6.07) is 0.630. The van der Waals surface area contributed by atoms with E-state index in [0.717, 1.165) is 5.82 Å². The van der Waals surface area contributed by atoms with Crippen LogP contribution in [0, 0.1) is 0 Å². The minimum atomic E-state index is 0.481. The molecule has 1 aliphatic rings. The molecule has 2 rings (SSSR count). The second-order valence-corrected chi connectivity index (χ2v) is 5.25. The third-order valence-corrected chi connectivity index (χ3v) is 3.70. The van der Waals surface area contributed by atoms with E-state index in [1.54, 1.807) is 0 Å². The van der Waals surface area contributed by atoms with Gasteiger partial charge in [0.05, 0.1) is 5.88 Å². The Morgan fingerprint density at radius 1 is 1.24 bits per heavy atom. The van der Waals surface area contributed by atoms with Crippen LogP contribution in [0.5, 0.6) is 0 Å². The molecule has 17 heavy (non-hydrogen) atoms. The maximum atomic E-state index is 5.95. The Hall–Kier alpha value is -0.570. The molecule has 3 nitrogen and oxygen atoms in total. The lowest BCUT2D eigenvalue weighted by atomic mass is 9.97. The summed E-state index contributed by atoms with van der Waals surface area (Å²) in [4.78, 5) is 0. The first kappa shape index (κ1) is 12.9. The lowest BCUT2D eigenvalue weighted by Crippen LogP contribution is -2.10. The van der Waals surface area contributed by atoms with Crippen molar-refractivity contribution in [3.8, 4) is 0 Å². The van der Waals surface area contributed by atoms with Crippen LogP contribution in [0.15, 0.2) is 0 Å². The SMILES string of the molecule is CCCC(CCC)c1nnc(CCl)n1C1CC1. The molecule has 0 spiro atoms. The van der Waals surface area contributed by atoms with E-state index < -0.39 is 0 Å². The molecule has 1 aromatic rings. The van der Waals surface area contributed by atoms with Crippen LogP contribution in [0.3, 0.4) is 0 Å². The Bertz CT molecular complexity index is 352. The highest BCUT2D eigenvalue weighted by Gasteiger charge is 2.31. The molecule has 0 bridgehead atoms. The first-order chi connectivity index (χ1) is 8.31. The Morgan fingerprint density at radius 3 is 2.35 bits per heavy atom. The van der Waals surface area contributed by atoms with Crippen LogP contribution < -0.4 is 0 Å². The maximum absolute atomic E-state index is 5.95. The number of hydrogen-bond donors (Lipinski definition) is 0. The van der Waals surface area contributed by atoms with Crippen LogP contribution in [0.4, 0.5) is 0 Å². The zero-order valence-electron chi connectivity index (χ0n) is 10.8. The Kier molecular flexibility index (Phi) is 4.43. The lowest BCUT2D eigenvalue weighted by Gasteiger charge is -2.16. The van der Waals surface area contributed by atoms with Crippen molar-refractivity contribution in [2.75, 3.05) is 0 Å². The van der Waals surface area contributed by atoms with Crippen molar-refractivity contribution in [2.24, 2.45) is 0 Å². The van der Waals surface area contributed by atoms with Crippen molar-refractivity contribution in [3.05, 3.63) is 11.6 Å². The van der Waals surface area contributed by atoms with E-state index in [2.05, 4.69) is 28.6 Å². The molecule has 1 fully saturated rings.